The van der Waals surface area contributed by atoms with Crippen LogP contribution in [0.5, 0.6) is 5.88 Å². The number of rotatable bonds is 3. The molecule has 0 atom stereocenters. The third-order valence-corrected chi connectivity index (χ3v) is 2.24. The van der Waals surface area contributed by atoms with Crippen LogP contribution in [0.25, 0.3) is 0 Å². The lowest BCUT2D eigenvalue weighted by molar-refractivity contribution is -0.276. The van der Waals surface area contributed by atoms with E-state index < -0.39 is 24.2 Å². The Morgan fingerprint density at radius 1 is 1.41 bits per heavy atom. The van der Waals surface area contributed by atoms with E-state index in [1.165, 1.54) is 6.92 Å². The van der Waals surface area contributed by atoms with E-state index in [9.17, 15) is 22.0 Å². The highest BCUT2D eigenvalue weighted by Gasteiger charge is 2.35. The Morgan fingerprint density at radius 2 is 2.00 bits per heavy atom. The molecule has 0 N–H and O–H groups in total. The van der Waals surface area contributed by atoms with Gasteiger partial charge in [-0.15, -0.1) is 24.8 Å². The van der Waals surface area contributed by atoms with Crippen LogP contribution in [0, 0.1) is 6.92 Å². The molecule has 17 heavy (non-hydrogen) atoms. The summed E-state index contributed by atoms with van der Waals surface area (Å²) in [6.45, 7) is 1.42. The van der Waals surface area contributed by atoms with Crippen LogP contribution in [0.4, 0.5) is 22.0 Å². The van der Waals surface area contributed by atoms with Crippen molar-refractivity contribution in [2.24, 2.45) is 0 Å². The Labute approximate surface area is 98.4 Å². The molecular formula is C9H7ClF5NO. The average molecular weight is 276 g/mol. The van der Waals surface area contributed by atoms with Gasteiger partial charge in [-0.05, 0) is 18.1 Å². The van der Waals surface area contributed by atoms with Crippen molar-refractivity contribution in [1.29, 1.82) is 0 Å². The van der Waals surface area contributed by atoms with E-state index in [-0.39, 0.29) is 17.0 Å². The van der Waals surface area contributed by atoms with Gasteiger partial charge in [-0.3, -0.25) is 0 Å². The molecule has 1 heterocycles. The van der Waals surface area contributed by atoms with Gasteiger partial charge in [-0.1, -0.05) is 0 Å². The van der Waals surface area contributed by atoms with Gasteiger partial charge in [0.05, 0.1) is 5.56 Å². The van der Waals surface area contributed by atoms with Gasteiger partial charge in [0.25, 0.3) is 6.43 Å². The van der Waals surface area contributed by atoms with Crippen molar-refractivity contribution in [3.05, 3.63) is 22.9 Å². The molecule has 0 aliphatic heterocycles. The fourth-order valence-corrected chi connectivity index (χ4v) is 1.59. The number of aryl methyl sites for hydroxylation is 1. The molecule has 0 unspecified atom stereocenters. The minimum absolute atomic E-state index is 0.101. The maximum atomic E-state index is 12.7. The predicted octanol–water partition coefficient (Wildman–Crippen LogP) is 3.97. The van der Waals surface area contributed by atoms with Gasteiger partial charge < -0.3 is 4.74 Å². The van der Waals surface area contributed by atoms with Crippen molar-refractivity contribution in [3.8, 4) is 5.88 Å². The molecule has 0 aliphatic carbocycles. The first-order chi connectivity index (χ1) is 7.76. The van der Waals surface area contributed by atoms with E-state index in [0.717, 1.165) is 6.20 Å². The van der Waals surface area contributed by atoms with Crippen LogP contribution in [0.15, 0.2) is 6.20 Å². The zero-order chi connectivity index (χ0) is 13.2. The second kappa shape index (κ2) is 5.03. The highest BCUT2D eigenvalue weighted by molar-refractivity contribution is 6.17. The zero-order valence-corrected chi connectivity index (χ0v) is 9.24. The highest BCUT2D eigenvalue weighted by atomic mass is 35.5. The molecule has 1 aromatic heterocycles. The topological polar surface area (TPSA) is 22.1 Å². The summed E-state index contributed by atoms with van der Waals surface area (Å²) in [5.41, 5.74) is -0.738. The lowest BCUT2D eigenvalue weighted by atomic mass is 10.1. The molecule has 0 saturated carbocycles. The van der Waals surface area contributed by atoms with Gasteiger partial charge in [0.2, 0.25) is 5.88 Å². The van der Waals surface area contributed by atoms with Gasteiger partial charge in [-0.25, -0.2) is 13.8 Å². The number of nitrogens with zero attached hydrogens (tertiary/aromatic N) is 1. The smallest absolute Gasteiger partial charge is 0.387 e. The standard InChI is InChI=1S/C9H7ClF5NO/c1-4-3-16-8(17-9(13,14)15)6(7(11)12)5(4)2-10/h3,7H,2H2,1H3. The molecule has 0 fully saturated rings. The van der Waals surface area contributed by atoms with E-state index in [2.05, 4.69) is 9.72 Å². The van der Waals surface area contributed by atoms with Crippen LogP contribution in [-0.2, 0) is 5.88 Å². The van der Waals surface area contributed by atoms with Crippen molar-refractivity contribution >= 4 is 11.6 Å². The number of hydrogen-bond donors (Lipinski definition) is 0. The first kappa shape index (κ1) is 14.0. The van der Waals surface area contributed by atoms with Crippen LogP contribution >= 0.6 is 11.6 Å². The predicted molar refractivity (Wildman–Crippen MR) is 50.2 cm³/mol. The van der Waals surface area contributed by atoms with Gasteiger partial charge in [0.1, 0.15) is 0 Å². The number of halogens is 6. The molecule has 2 nitrogen and oxygen atoms in total. The van der Waals surface area contributed by atoms with Crippen molar-refractivity contribution in [1.82, 2.24) is 4.98 Å². The Balaban J connectivity index is 3.30. The van der Waals surface area contributed by atoms with Crippen molar-refractivity contribution in [2.75, 3.05) is 0 Å². The zero-order valence-electron chi connectivity index (χ0n) is 8.49. The molecule has 0 aromatic carbocycles. The minimum Gasteiger partial charge on any atom is -0.387 e. The molecule has 0 radical (unpaired) electrons. The normalized spacial score (nSPS) is 12.0. The largest absolute Gasteiger partial charge is 0.574 e. The number of alkyl halides is 6. The molecule has 0 bridgehead atoms. The van der Waals surface area contributed by atoms with Gasteiger partial charge >= 0.3 is 6.36 Å². The molecule has 0 aliphatic rings. The van der Waals surface area contributed by atoms with Crippen LogP contribution < -0.4 is 4.74 Å². The van der Waals surface area contributed by atoms with Gasteiger partial charge in [0, 0.05) is 12.1 Å². The summed E-state index contributed by atoms with van der Waals surface area (Å²) in [4.78, 5) is 3.21. The second-order valence-corrected chi connectivity index (χ2v) is 3.39. The summed E-state index contributed by atoms with van der Waals surface area (Å²) in [5, 5.41) is 0. The van der Waals surface area contributed by atoms with Crippen LogP contribution in [0.3, 0.4) is 0 Å². The summed E-state index contributed by atoms with van der Waals surface area (Å²) in [5.74, 6) is -1.50. The molecule has 0 spiro atoms. The van der Waals surface area contributed by atoms with Gasteiger partial charge in [0.15, 0.2) is 0 Å². The Kier molecular flexibility index (Phi) is 4.13. The monoisotopic (exact) mass is 275 g/mol. The molecule has 1 aromatic rings. The molecule has 0 amide bonds. The van der Waals surface area contributed by atoms with Crippen LogP contribution in [-0.4, -0.2) is 11.3 Å². The maximum Gasteiger partial charge on any atom is 0.574 e. The number of aromatic nitrogens is 1. The molecule has 0 saturated heterocycles. The third kappa shape index (κ3) is 3.42. The van der Waals surface area contributed by atoms with Gasteiger partial charge in [-0.2, -0.15) is 0 Å². The summed E-state index contributed by atoms with van der Waals surface area (Å²) in [6.07, 6.45) is -7.21. The van der Waals surface area contributed by atoms with Crippen LogP contribution in [0.1, 0.15) is 23.1 Å². The van der Waals surface area contributed by atoms with Crippen molar-refractivity contribution in [2.45, 2.75) is 25.6 Å². The third-order valence-electron chi connectivity index (χ3n) is 1.97. The Morgan fingerprint density at radius 3 is 2.41 bits per heavy atom. The summed E-state index contributed by atoms with van der Waals surface area (Å²) in [7, 11) is 0. The number of ether oxygens (including phenoxy) is 1. The minimum atomic E-state index is -5.07. The average Bonchev–Trinajstić information content (AvgIpc) is 2.17. The summed E-state index contributed by atoms with van der Waals surface area (Å²) >= 11 is 5.43. The van der Waals surface area contributed by atoms with E-state index in [1.807, 2.05) is 0 Å². The van der Waals surface area contributed by atoms with Crippen molar-refractivity contribution < 1.29 is 26.7 Å². The molecule has 8 heteroatoms. The SMILES string of the molecule is Cc1cnc(OC(F)(F)F)c(C(F)F)c1CCl. The lowest BCUT2D eigenvalue weighted by Gasteiger charge is -2.15. The summed E-state index contributed by atoms with van der Waals surface area (Å²) < 4.78 is 64.8. The molecule has 1 rings (SSSR count). The van der Waals surface area contributed by atoms with E-state index in [1.54, 1.807) is 0 Å². The quantitative estimate of drug-likeness (QED) is 0.615. The Hall–Kier alpha value is -1.11. The highest BCUT2D eigenvalue weighted by Crippen LogP contribution is 2.35. The second-order valence-electron chi connectivity index (χ2n) is 3.12. The van der Waals surface area contributed by atoms with E-state index in [0.29, 0.717) is 0 Å². The fourth-order valence-electron chi connectivity index (χ4n) is 1.24. The Bertz CT molecular complexity index is 407. The lowest BCUT2D eigenvalue weighted by Crippen LogP contribution is -2.20. The molecule has 96 valence electrons. The van der Waals surface area contributed by atoms with E-state index in [4.69, 9.17) is 11.6 Å². The first-order valence-electron chi connectivity index (χ1n) is 4.34. The molecular weight excluding hydrogens is 269 g/mol. The maximum absolute atomic E-state index is 12.7. The first-order valence-corrected chi connectivity index (χ1v) is 4.88. The van der Waals surface area contributed by atoms with E-state index >= 15 is 0 Å². The van der Waals surface area contributed by atoms with Crippen molar-refractivity contribution in [3.63, 3.8) is 0 Å². The number of pyridine rings is 1. The summed E-state index contributed by atoms with van der Waals surface area (Å²) in [6, 6.07) is 0. The fraction of sp³-hybridized carbons (Fsp3) is 0.444. The van der Waals surface area contributed by atoms with Crippen LogP contribution in [0.2, 0.25) is 0 Å². The number of hydrogen-bond acceptors (Lipinski definition) is 2.